The fourth-order valence-electron chi connectivity index (χ4n) is 5.59. The molecule has 3 aromatic carbocycles. The quantitative estimate of drug-likeness (QED) is 0.298. The average molecular weight is 496 g/mol. The Kier molecular flexibility index (Phi) is 6.57. The fraction of sp³-hybridized carbons (Fsp3) is 0.375. The molecule has 1 aliphatic heterocycles. The molecule has 1 fully saturated rings. The lowest BCUT2D eigenvalue weighted by Gasteiger charge is -2.36. The van der Waals surface area contributed by atoms with Crippen molar-refractivity contribution in [3.8, 4) is 11.4 Å². The van der Waals surface area contributed by atoms with Gasteiger partial charge < -0.3 is 9.64 Å². The molecule has 2 heterocycles. The summed E-state index contributed by atoms with van der Waals surface area (Å²) in [5.41, 5.74) is 7.21. The summed E-state index contributed by atoms with van der Waals surface area (Å²) >= 11 is 0. The van der Waals surface area contributed by atoms with Crippen LogP contribution in [0.15, 0.2) is 60.7 Å². The van der Waals surface area contributed by atoms with Crippen LogP contribution in [0, 0.1) is 13.8 Å². The Balaban J connectivity index is 1.61. The molecular weight excluding hydrogens is 458 g/mol. The average Bonchev–Trinajstić information content (AvgIpc) is 3.27. The molecular formula is C32H37N3O2. The number of piperidine rings is 1. The lowest BCUT2D eigenvalue weighted by molar-refractivity contribution is 0.0597. The van der Waals surface area contributed by atoms with Crippen LogP contribution in [0.5, 0.6) is 5.75 Å². The van der Waals surface area contributed by atoms with E-state index in [9.17, 15) is 4.79 Å². The van der Waals surface area contributed by atoms with Crippen molar-refractivity contribution in [3.05, 3.63) is 88.7 Å². The number of carbonyl (C=O) groups is 1. The van der Waals surface area contributed by atoms with Crippen molar-refractivity contribution in [1.82, 2.24) is 14.5 Å². The van der Waals surface area contributed by atoms with Crippen molar-refractivity contribution < 1.29 is 9.53 Å². The molecule has 5 nitrogen and oxygen atoms in total. The number of methoxy groups -OCH3 is 1. The van der Waals surface area contributed by atoms with Crippen LogP contribution < -0.4 is 4.74 Å². The first-order valence-electron chi connectivity index (χ1n) is 13.2. The molecule has 5 rings (SSSR count). The number of hydrogen-bond acceptors (Lipinski definition) is 3. The van der Waals surface area contributed by atoms with E-state index in [4.69, 9.17) is 9.72 Å². The van der Waals surface area contributed by atoms with E-state index in [1.54, 1.807) is 7.11 Å². The number of para-hydroxylation sites is 2. The van der Waals surface area contributed by atoms with Crippen LogP contribution in [0.3, 0.4) is 0 Å². The first kappa shape index (κ1) is 25.1. The van der Waals surface area contributed by atoms with Crippen LogP contribution in [0.1, 0.15) is 78.9 Å². The number of imidazole rings is 1. The third kappa shape index (κ3) is 4.63. The number of aryl methyl sites for hydroxylation is 2. The van der Waals surface area contributed by atoms with Gasteiger partial charge in [0.05, 0.1) is 24.2 Å². The van der Waals surface area contributed by atoms with Gasteiger partial charge in [0.1, 0.15) is 11.6 Å². The van der Waals surface area contributed by atoms with Crippen molar-refractivity contribution in [1.29, 1.82) is 0 Å². The highest BCUT2D eigenvalue weighted by atomic mass is 16.5. The topological polar surface area (TPSA) is 47.4 Å². The second kappa shape index (κ2) is 9.70. The number of aromatic nitrogens is 2. The van der Waals surface area contributed by atoms with Gasteiger partial charge in [-0.2, -0.15) is 0 Å². The number of fused-ring (bicyclic) bond motifs is 1. The summed E-state index contributed by atoms with van der Waals surface area (Å²) in [6, 6.07) is 20.6. The molecule has 1 atom stereocenters. The predicted molar refractivity (Wildman–Crippen MR) is 150 cm³/mol. The SMILES string of the molecule is COc1ccc(-n2c(C3CCCCN3C(=O)c3c(C)cc(C(C)(C)C)cc3C)nc3ccccc32)cc1. The number of ether oxygens (including phenoxy) is 1. The summed E-state index contributed by atoms with van der Waals surface area (Å²) < 4.78 is 7.61. The summed E-state index contributed by atoms with van der Waals surface area (Å²) in [6.07, 6.45) is 2.97. The van der Waals surface area contributed by atoms with E-state index < -0.39 is 0 Å². The van der Waals surface area contributed by atoms with E-state index in [2.05, 4.69) is 74.4 Å². The Hall–Kier alpha value is -3.60. The molecule has 0 aliphatic carbocycles. The molecule has 1 saturated heterocycles. The van der Waals surface area contributed by atoms with Gasteiger partial charge in [-0.15, -0.1) is 0 Å². The van der Waals surface area contributed by atoms with E-state index >= 15 is 0 Å². The highest BCUT2D eigenvalue weighted by Gasteiger charge is 2.34. The van der Waals surface area contributed by atoms with Crippen LogP contribution in [-0.2, 0) is 5.41 Å². The first-order chi connectivity index (χ1) is 17.7. The van der Waals surface area contributed by atoms with Gasteiger partial charge in [-0.05, 0) is 91.6 Å². The molecule has 37 heavy (non-hydrogen) atoms. The van der Waals surface area contributed by atoms with Crippen LogP contribution in [0.2, 0.25) is 0 Å². The Morgan fingerprint density at radius 1 is 0.973 bits per heavy atom. The number of likely N-dealkylation sites (tertiary alicyclic amines) is 1. The van der Waals surface area contributed by atoms with Crippen molar-refractivity contribution in [2.75, 3.05) is 13.7 Å². The number of hydrogen-bond donors (Lipinski definition) is 0. The van der Waals surface area contributed by atoms with Crippen LogP contribution in [0.25, 0.3) is 16.7 Å². The van der Waals surface area contributed by atoms with Crippen molar-refractivity contribution in [2.24, 2.45) is 0 Å². The minimum atomic E-state index is -0.100. The number of carbonyl (C=O) groups excluding carboxylic acids is 1. The van der Waals surface area contributed by atoms with E-state index in [0.717, 1.165) is 70.8 Å². The second-order valence-electron chi connectivity index (χ2n) is 11.2. The van der Waals surface area contributed by atoms with Crippen molar-refractivity contribution in [3.63, 3.8) is 0 Å². The zero-order valence-electron chi connectivity index (χ0n) is 22.8. The molecule has 1 aromatic heterocycles. The summed E-state index contributed by atoms with van der Waals surface area (Å²) in [5, 5.41) is 0. The minimum absolute atomic E-state index is 0.0357. The highest BCUT2D eigenvalue weighted by Crippen LogP contribution is 2.37. The maximum atomic E-state index is 14.2. The third-order valence-corrected chi connectivity index (χ3v) is 7.59. The highest BCUT2D eigenvalue weighted by molar-refractivity contribution is 5.97. The van der Waals surface area contributed by atoms with Gasteiger partial charge >= 0.3 is 0 Å². The van der Waals surface area contributed by atoms with E-state index in [1.807, 2.05) is 30.3 Å². The summed E-state index contributed by atoms with van der Waals surface area (Å²) in [5.74, 6) is 1.84. The van der Waals surface area contributed by atoms with Gasteiger partial charge in [0.25, 0.3) is 5.91 Å². The van der Waals surface area contributed by atoms with Crippen LogP contribution >= 0.6 is 0 Å². The Labute approximate surface area is 220 Å². The second-order valence-corrected chi connectivity index (χ2v) is 11.2. The maximum Gasteiger partial charge on any atom is 0.255 e. The predicted octanol–water partition coefficient (Wildman–Crippen LogP) is 7.32. The molecule has 1 unspecified atom stereocenters. The van der Waals surface area contributed by atoms with E-state index in [-0.39, 0.29) is 17.4 Å². The number of rotatable bonds is 4. The van der Waals surface area contributed by atoms with Gasteiger partial charge in [-0.1, -0.05) is 45.0 Å². The molecule has 4 aromatic rings. The lowest BCUT2D eigenvalue weighted by Crippen LogP contribution is -2.40. The number of amides is 1. The van der Waals surface area contributed by atoms with Gasteiger partial charge in [0, 0.05) is 17.8 Å². The zero-order valence-corrected chi connectivity index (χ0v) is 22.8. The third-order valence-electron chi connectivity index (χ3n) is 7.59. The fourth-order valence-corrected chi connectivity index (χ4v) is 5.59. The van der Waals surface area contributed by atoms with Gasteiger partial charge in [0.2, 0.25) is 0 Å². The molecule has 1 amide bonds. The number of nitrogens with zero attached hydrogens (tertiary/aromatic N) is 3. The maximum absolute atomic E-state index is 14.2. The first-order valence-corrected chi connectivity index (χ1v) is 13.2. The minimum Gasteiger partial charge on any atom is -0.497 e. The standard InChI is InChI=1S/C32H37N3O2/c1-21-19-23(32(3,4)5)20-22(2)29(21)31(36)34-18-10-9-13-28(34)30-33-26-11-7-8-12-27(26)35(30)24-14-16-25(37-6)17-15-24/h7-8,11-12,14-17,19-20,28H,9-10,13,18H2,1-6H3. The molecule has 0 bridgehead atoms. The van der Waals surface area contributed by atoms with Gasteiger partial charge in [0.15, 0.2) is 0 Å². The number of benzene rings is 3. The molecule has 192 valence electrons. The van der Waals surface area contributed by atoms with Crippen LogP contribution in [0.4, 0.5) is 0 Å². The van der Waals surface area contributed by atoms with Crippen molar-refractivity contribution >= 4 is 16.9 Å². The van der Waals surface area contributed by atoms with Crippen LogP contribution in [-0.4, -0.2) is 34.0 Å². The largest absolute Gasteiger partial charge is 0.497 e. The Morgan fingerprint density at radius 2 is 1.65 bits per heavy atom. The smallest absolute Gasteiger partial charge is 0.255 e. The van der Waals surface area contributed by atoms with Gasteiger partial charge in [-0.25, -0.2) is 4.98 Å². The van der Waals surface area contributed by atoms with Crippen molar-refractivity contribution in [2.45, 2.75) is 65.3 Å². The summed E-state index contributed by atoms with van der Waals surface area (Å²) in [4.78, 5) is 21.4. The Bertz CT molecular complexity index is 1420. The molecule has 0 saturated carbocycles. The Morgan fingerprint density at radius 3 is 2.30 bits per heavy atom. The summed E-state index contributed by atoms with van der Waals surface area (Å²) in [7, 11) is 1.68. The lowest BCUT2D eigenvalue weighted by atomic mass is 9.83. The molecule has 1 aliphatic rings. The zero-order chi connectivity index (χ0) is 26.3. The molecule has 0 radical (unpaired) electrons. The van der Waals surface area contributed by atoms with Gasteiger partial charge in [-0.3, -0.25) is 9.36 Å². The molecule has 0 N–H and O–H groups in total. The molecule has 0 spiro atoms. The normalized spacial score (nSPS) is 16.3. The van der Waals surface area contributed by atoms with E-state index in [0.29, 0.717) is 0 Å². The monoisotopic (exact) mass is 495 g/mol. The summed E-state index contributed by atoms with van der Waals surface area (Å²) in [6.45, 7) is 11.5. The molecule has 5 heteroatoms. The van der Waals surface area contributed by atoms with E-state index in [1.165, 1.54) is 5.56 Å².